The highest BCUT2D eigenvalue weighted by Crippen LogP contribution is 2.43. The van der Waals surface area contributed by atoms with Gasteiger partial charge in [0, 0.05) is 18.5 Å². The first kappa shape index (κ1) is 21.5. The van der Waals surface area contributed by atoms with Crippen LogP contribution in [0.15, 0.2) is 34.0 Å². The first-order valence-corrected chi connectivity index (χ1v) is 9.79. The number of carboxylic acids is 1. The summed E-state index contributed by atoms with van der Waals surface area (Å²) >= 11 is 7.58. The molecular formula is C19H24ClNO5S. The zero-order valence-corrected chi connectivity index (χ0v) is 17.5. The highest BCUT2D eigenvalue weighted by Gasteiger charge is 2.38. The SMILES string of the molecule is COC(COC(=O)C1=C(C)NC(C)=C(C(=O)O)C1c1ccsc1Cl)C(C)C. The minimum Gasteiger partial charge on any atom is -0.478 e. The maximum Gasteiger partial charge on any atom is 0.336 e. The van der Waals surface area contributed by atoms with Gasteiger partial charge in [-0.15, -0.1) is 11.3 Å². The lowest BCUT2D eigenvalue weighted by molar-refractivity contribution is -0.144. The lowest BCUT2D eigenvalue weighted by Crippen LogP contribution is -2.33. The van der Waals surface area contributed by atoms with Crippen LogP contribution in [-0.2, 0) is 19.1 Å². The summed E-state index contributed by atoms with van der Waals surface area (Å²) in [4.78, 5) is 24.8. The largest absolute Gasteiger partial charge is 0.478 e. The summed E-state index contributed by atoms with van der Waals surface area (Å²) in [7, 11) is 1.56. The number of halogens is 1. The second-order valence-corrected chi connectivity index (χ2v) is 8.22. The number of thiophene rings is 1. The van der Waals surface area contributed by atoms with Crippen LogP contribution < -0.4 is 5.32 Å². The molecule has 0 saturated carbocycles. The number of carbonyl (C=O) groups is 2. The smallest absolute Gasteiger partial charge is 0.336 e. The third-order valence-electron chi connectivity index (χ3n) is 4.59. The van der Waals surface area contributed by atoms with E-state index in [1.807, 2.05) is 13.8 Å². The standard InChI is InChI=1S/C19H24ClNO5S/c1-9(2)13(25-5)8-26-19(24)15-11(4)21-10(3)14(18(22)23)16(15)12-6-7-27-17(12)20/h6-7,9,13,16,21H,8H2,1-5H3,(H,22,23). The summed E-state index contributed by atoms with van der Waals surface area (Å²) < 4.78 is 11.3. The van der Waals surface area contributed by atoms with Crippen LogP contribution in [0.2, 0.25) is 4.34 Å². The fraction of sp³-hybridized carbons (Fsp3) is 0.474. The van der Waals surface area contributed by atoms with E-state index in [4.69, 9.17) is 21.1 Å². The van der Waals surface area contributed by atoms with E-state index in [0.717, 1.165) is 0 Å². The molecule has 0 aliphatic carbocycles. The first-order valence-electron chi connectivity index (χ1n) is 8.53. The minimum atomic E-state index is -1.11. The van der Waals surface area contributed by atoms with Gasteiger partial charge >= 0.3 is 11.9 Å². The van der Waals surface area contributed by atoms with Crippen LogP contribution in [-0.4, -0.2) is 36.9 Å². The fourth-order valence-corrected chi connectivity index (χ4v) is 4.12. The zero-order chi connectivity index (χ0) is 20.3. The third-order valence-corrected chi connectivity index (χ3v) is 5.79. The van der Waals surface area contributed by atoms with Gasteiger partial charge in [0.2, 0.25) is 0 Å². The van der Waals surface area contributed by atoms with Crippen LogP contribution in [0.1, 0.15) is 39.2 Å². The van der Waals surface area contributed by atoms with Crippen molar-refractivity contribution in [2.24, 2.45) is 5.92 Å². The summed E-state index contributed by atoms with van der Waals surface area (Å²) in [6.07, 6.45) is -0.245. The van der Waals surface area contributed by atoms with Gasteiger partial charge in [-0.05, 0) is 36.8 Å². The monoisotopic (exact) mass is 413 g/mol. The number of esters is 1. The molecule has 2 atom stereocenters. The van der Waals surface area contributed by atoms with Crippen LogP contribution in [0.4, 0.5) is 0 Å². The summed E-state index contributed by atoms with van der Waals surface area (Å²) in [5.74, 6) is -2.32. The quantitative estimate of drug-likeness (QED) is 0.658. The molecule has 2 N–H and O–H groups in total. The van der Waals surface area contributed by atoms with Crippen molar-refractivity contribution >= 4 is 34.9 Å². The van der Waals surface area contributed by atoms with E-state index >= 15 is 0 Å². The highest BCUT2D eigenvalue weighted by atomic mass is 35.5. The van der Waals surface area contributed by atoms with Crippen LogP contribution in [0, 0.1) is 5.92 Å². The van der Waals surface area contributed by atoms with Gasteiger partial charge in [0.05, 0.1) is 27.5 Å². The van der Waals surface area contributed by atoms with E-state index in [1.165, 1.54) is 11.3 Å². The molecule has 6 nitrogen and oxygen atoms in total. The van der Waals surface area contributed by atoms with Crippen molar-refractivity contribution in [2.45, 2.75) is 39.7 Å². The number of nitrogens with one attached hydrogen (secondary N) is 1. The molecule has 8 heteroatoms. The number of aliphatic carboxylic acids is 1. The van der Waals surface area contributed by atoms with Crippen molar-refractivity contribution < 1.29 is 24.2 Å². The Morgan fingerprint density at radius 2 is 1.93 bits per heavy atom. The number of dihydropyridines is 1. The van der Waals surface area contributed by atoms with Gasteiger partial charge in [-0.25, -0.2) is 9.59 Å². The van der Waals surface area contributed by atoms with E-state index in [9.17, 15) is 14.7 Å². The van der Waals surface area contributed by atoms with Crippen LogP contribution >= 0.6 is 22.9 Å². The van der Waals surface area contributed by atoms with Gasteiger partial charge in [-0.3, -0.25) is 0 Å². The molecule has 0 radical (unpaired) electrons. The maximum absolute atomic E-state index is 12.9. The summed E-state index contributed by atoms with van der Waals surface area (Å²) in [5, 5.41) is 14.5. The molecule has 0 spiro atoms. The molecule has 1 aromatic rings. The van der Waals surface area contributed by atoms with Gasteiger partial charge in [-0.1, -0.05) is 25.4 Å². The van der Waals surface area contributed by atoms with E-state index in [0.29, 0.717) is 21.3 Å². The number of allylic oxidation sites excluding steroid dienone is 2. The minimum absolute atomic E-state index is 0.0823. The Bertz CT molecular complexity index is 796. The number of ether oxygens (including phenoxy) is 2. The molecule has 27 heavy (non-hydrogen) atoms. The number of carbonyl (C=O) groups excluding carboxylic acids is 1. The van der Waals surface area contributed by atoms with Crippen molar-refractivity contribution in [3.63, 3.8) is 0 Å². The molecule has 148 valence electrons. The molecule has 1 aliphatic rings. The van der Waals surface area contributed by atoms with Gasteiger partial charge in [0.15, 0.2) is 0 Å². The van der Waals surface area contributed by atoms with Gasteiger partial charge in [-0.2, -0.15) is 0 Å². The molecule has 2 rings (SSSR count). The summed E-state index contributed by atoms with van der Waals surface area (Å²) in [6.45, 7) is 7.41. The number of hydrogen-bond donors (Lipinski definition) is 2. The number of rotatable bonds is 7. The molecular weight excluding hydrogens is 390 g/mol. The Morgan fingerprint density at radius 1 is 1.30 bits per heavy atom. The van der Waals surface area contributed by atoms with E-state index in [2.05, 4.69) is 5.32 Å². The molecule has 0 fully saturated rings. The predicted octanol–water partition coefficient (Wildman–Crippen LogP) is 3.94. The lowest BCUT2D eigenvalue weighted by atomic mass is 9.81. The summed E-state index contributed by atoms with van der Waals surface area (Å²) in [6, 6.07) is 1.74. The highest BCUT2D eigenvalue weighted by molar-refractivity contribution is 7.14. The first-order chi connectivity index (χ1) is 12.7. The predicted molar refractivity (Wildman–Crippen MR) is 105 cm³/mol. The Kier molecular flexibility index (Phi) is 7.08. The Hall–Kier alpha value is -1.83. The number of carboxylic acid groups (broad SMARTS) is 1. The molecule has 0 saturated heterocycles. The summed E-state index contributed by atoms with van der Waals surface area (Å²) in [5.41, 5.74) is 1.93. The average molecular weight is 414 g/mol. The maximum atomic E-state index is 12.9. The van der Waals surface area contributed by atoms with Crippen LogP contribution in [0.25, 0.3) is 0 Å². The Labute approximate surface area is 167 Å². The third kappa shape index (κ3) is 4.54. The van der Waals surface area contributed by atoms with E-state index in [1.54, 1.807) is 32.4 Å². The normalized spacial score (nSPS) is 18.6. The molecule has 0 amide bonds. The topological polar surface area (TPSA) is 84.9 Å². The van der Waals surface area contributed by atoms with Crippen LogP contribution in [0.5, 0.6) is 0 Å². The van der Waals surface area contributed by atoms with Crippen molar-refractivity contribution in [3.05, 3.63) is 43.9 Å². The average Bonchev–Trinajstić information content (AvgIpc) is 2.99. The van der Waals surface area contributed by atoms with E-state index in [-0.39, 0.29) is 29.8 Å². The van der Waals surface area contributed by atoms with Crippen molar-refractivity contribution in [1.29, 1.82) is 0 Å². The van der Waals surface area contributed by atoms with E-state index < -0.39 is 17.9 Å². The van der Waals surface area contributed by atoms with Crippen LogP contribution in [0.3, 0.4) is 0 Å². The van der Waals surface area contributed by atoms with Gasteiger partial charge in [0.25, 0.3) is 0 Å². The molecule has 1 aliphatic heterocycles. The van der Waals surface area contributed by atoms with Gasteiger partial charge in [0.1, 0.15) is 6.61 Å². The Morgan fingerprint density at radius 3 is 2.41 bits per heavy atom. The molecule has 0 aromatic carbocycles. The second-order valence-electron chi connectivity index (χ2n) is 6.71. The van der Waals surface area contributed by atoms with Gasteiger partial charge < -0.3 is 19.9 Å². The molecule has 1 aromatic heterocycles. The Balaban J connectivity index is 2.42. The van der Waals surface area contributed by atoms with Crippen molar-refractivity contribution in [2.75, 3.05) is 13.7 Å². The molecule has 2 unspecified atom stereocenters. The fourth-order valence-electron chi connectivity index (χ4n) is 3.14. The lowest BCUT2D eigenvalue weighted by Gasteiger charge is -2.29. The zero-order valence-electron chi connectivity index (χ0n) is 16.0. The number of methoxy groups -OCH3 is 1. The second kappa shape index (κ2) is 8.91. The van der Waals surface area contributed by atoms with Crippen molar-refractivity contribution in [1.82, 2.24) is 5.32 Å². The molecule has 2 heterocycles. The van der Waals surface area contributed by atoms with Crippen molar-refractivity contribution in [3.8, 4) is 0 Å². The number of hydrogen-bond acceptors (Lipinski definition) is 6. The molecule has 0 bridgehead atoms.